The average molecular weight is 353 g/mol. The molecule has 1 heterocycles. The lowest BCUT2D eigenvalue weighted by Crippen LogP contribution is -2.50. The molecule has 5 nitrogen and oxygen atoms in total. The normalized spacial score (nSPS) is 14.7. The Bertz CT molecular complexity index is 539. The van der Waals surface area contributed by atoms with Gasteiger partial charge in [-0.05, 0) is 18.2 Å². The molecular formula is C15H17BrN2O3. The Balaban J connectivity index is 1.90. The van der Waals surface area contributed by atoms with Crippen molar-refractivity contribution < 1.29 is 14.3 Å². The number of halogens is 1. The second kappa shape index (κ2) is 7.26. The molecule has 21 heavy (non-hydrogen) atoms. The molecule has 0 atom stereocenters. The van der Waals surface area contributed by atoms with E-state index in [-0.39, 0.29) is 18.6 Å². The van der Waals surface area contributed by atoms with Gasteiger partial charge in [0.25, 0.3) is 5.91 Å². The fourth-order valence-corrected chi connectivity index (χ4v) is 2.52. The minimum absolute atomic E-state index is 0.0181. The molecule has 0 aromatic heterocycles. The summed E-state index contributed by atoms with van der Waals surface area (Å²) in [5.74, 6) is -0.0181. The Labute approximate surface area is 132 Å². The van der Waals surface area contributed by atoms with Crippen molar-refractivity contribution in [2.45, 2.75) is 0 Å². The number of amides is 2. The molecule has 0 aliphatic carbocycles. The fourth-order valence-electron chi connectivity index (χ4n) is 2.12. The minimum atomic E-state index is -0.357. The molecule has 0 spiro atoms. The SMILES string of the molecule is C=CCOC(=O)N1CCN(C(=O)c2cccc(Br)c2)CC1. The standard InChI is InChI=1S/C15H17BrN2O3/c1-2-10-21-15(20)18-8-6-17(7-9-18)14(19)12-4-3-5-13(16)11-12/h2-5,11H,1,6-10H2. The summed E-state index contributed by atoms with van der Waals surface area (Å²) < 4.78 is 5.86. The number of hydrogen-bond donors (Lipinski definition) is 0. The molecule has 1 fully saturated rings. The molecule has 2 amide bonds. The summed E-state index contributed by atoms with van der Waals surface area (Å²) in [5.41, 5.74) is 0.645. The van der Waals surface area contributed by atoms with Crippen molar-refractivity contribution in [1.29, 1.82) is 0 Å². The number of hydrogen-bond acceptors (Lipinski definition) is 3. The highest BCUT2D eigenvalue weighted by atomic mass is 79.9. The minimum Gasteiger partial charge on any atom is -0.445 e. The third kappa shape index (κ3) is 4.07. The van der Waals surface area contributed by atoms with Crippen LogP contribution in [0.15, 0.2) is 41.4 Å². The first-order chi connectivity index (χ1) is 10.1. The topological polar surface area (TPSA) is 49.9 Å². The zero-order valence-corrected chi connectivity index (χ0v) is 13.2. The van der Waals surface area contributed by atoms with Gasteiger partial charge in [-0.15, -0.1) is 0 Å². The monoisotopic (exact) mass is 352 g/mol. The van der Waals surface area contributed by atoms with Crippen LogP contribution in [0.2, 0.25) is 0 Å². The summed E-state index contributed by atoms with van der Waals surface area (Å²) in [4.78, 5) is 27.4. The predicted octanol–water partition coefficient (Wildman–Crippen LogP) is 2.53. The van der Waals surface area contributed by atoms with E-state index in [0.29, 0.717) is 31.7 Å². The lowest BCUT2D eigenvalue weighted by atomic mass is 10.2. The van der Waals surface area contributed by atoms with Gasteiger partial charge < -0.3 is 14.5 Å². The number of carbonyl (C=O) groups is 2. The molecule has 0 N–H and O–H groups in total. The quantitative estimate of drug-likeness (QED) is 0.785. The summed E-state index contributed by atoms with van der Waals surface area (Å²) in [7, 11) is 0. The third-order valence-corrected chi connectivity index (χ3v) is 3.71. The van der Waals surface area contributed by atoms with Crippen LogP contribution in [-0.2, 0) is 4.74 Å². The summed E-state index contributed by atoms with van der Waals surface area (Å²) in [6, 6.07) is 7.30. The lowest BCUT2D eigenvalue weighted by molar-refractivity contribution is 0.0581. The molecule has 1 aliphatic heterocycles. The van der Waals surface area contributed by atoms with E-state index in [4.69, 9.17) is 4.74 Å². The van der Waals surface area contributed by atoms with Crippen LogP contribution in [-0.4, -0.2) is 54.6 Å². The van der Waals surface area contributed by atoms with Crippen LogP contribution >= 0.6 is 15.9 Å². The van der Waals surface area contributed by atoms with E-state index >= 15 is 0 Å². The lowest BCUT2D eigenvalue weighted by Gasteiger charge is -2.34. The maximum atomic E-state index is 12.4. The molecule has 6 heteroatoms. The first-order valence-electron chi connectivity index (χ1n) is 6.69. The third-order valence-electron chi connectivity index (χ3n) is 3.22. The van der Waals surface area contributed by atoms with Gasteiger partial charge in [-0.3, -0.25) is 4.79 Å². The second-order valence-corrected chi connectivity index (χ2v) is 5.57. The highest BCUT2D eigenvalue weighted by Crippen LogP contribution is 2.15. The van der Waals surface area contributed by atoms with E-state index in [0.717, 1.165) is 4.47 Å². The van der Waals surface area contributed by atoms with Gasteiger partial charge in [0.1, 0.15) is 6.61 Å². The summed E-state index contributed by atoms with van der Waals surface area (Å²) in [6.45, 7) is 5.69. The van der Waals surface area contributed by atoms with Crippen LogP contribution in [0.1, 0.15) is 10.4 Å². The molecular weight excluding hydrogens is 336 g/mol. The van der Waals surface area contributed by atoms with E-state index in [1.807, 2.05) is 12.1 Å². The van der Waals surface area contributed by atoms with Gasteiger partial charge in [-0.1, -0.05) is 34.7 Å². The molecule has 0 saturated carbocycles. The van der Waals surface area contributed by atoms with Crippen molar-refractivity contribution in [3.8, 4) is 0 Å². The number of carbonyl (C=O) groups excluding carboxylic acids is 2. The highest BCUT2D eigenvalue weighted by molar-refractivity contribution is 9.10. The second-order valence-electron chi connectivity index (χ2n) is 4.66. The first kappa shape index (κ1) is 15.6. The number of rotatable bonds is 3. The zero-order chi connectivity index (χ0) is 15.2. The van der Waals surface area contributed by atoms with Gasteiger partial charge >= 0.3 is 6.09 Å². The van der Waals surface area contributed by atoms with Gasteiger partial charge in [0.15, 0.2) is 0 Å². The Morgan fingerprint density at radius 1 is 1.24 bits per heavy atom. The van der Waals surface area contributed by atoms with Gasteiger partial charge in [0.2, 0.25) is 0 Å². The fraction of sp³-hybridized carbons (Fsp3) is 0.333. The summed E-state index contributed by atoms with van der Waals surface area (Å²) in [6.07, 6.45) is 1.18. The van der Waals surface area contributed by atoms with E-state index in [9.17, 15) is 9.59 Å². The maximum absolute atomic E-state index is 12.4. The number of nitrogens with zero attached hydrogens (tertiary/aromatic N) is 2. The summed E-state index contributed by atoms with van der Waals surface area (Å²) in [5, 5.41) is 0. The molecule has 0 unspecified atom stereocenters. The smallest absolute Gasteiger partial charge is 0.410 e. The largest absolute Gasteiger partial charge is 0.445 e. The van der Waals surface area contributed by atoms with Gasteiger partial charge in [0, 0.05) is 36.2 Å². The summed E-state index contributed by atoms with van der Waals surface area (Å²) >= 11 is 3.36. The van der Waals surface area contributed by atoms with Crippen LogP contribution in [0.25, 0.3) is 0 Å². The van der Waals surface area contributed by atoms with Crippen molar-refractivity contribution in [2.24, 2.45) is 0 Å². The highest BCUT2D eigenvalue weighted by Gasteiger charge is 2.25. The van der Waals surface area contributed by atoms with Crippen molar-refractivity contribution >= 4 is 27.9 Å². The molecule has 1 saturated heterocycles. The van der Waals surface area contributed by atoms with Gasteiger partial charge in [-0.25, -0.2) is 4.79 Å². The van der Waals surface area contributed by atoms with Crippen molar-refractivity contribution in [1.82, 2.24) is 9.80 Å². The Hall–Kier alpha value is -1.82. The molecule has 1 aromatic rings. The zero-order valence-electron chi connectivity index (χ0n) is 11.6. The van der Waals surface area contributed by atoms with Gasteiger partial charge in [-0.2, -0.15) is 0 Å². The first-order valence-corrected chi connectivity index (χ1v) is 7.48. The number of piperazine rings is 1. The van der Waals surface area contributed by atoms with Crippen molar-refractivity contribution in [2.75, 3.05) is 32.8 Å². The van der Waals surface area contributed by atoms with E-state index in [1.54, 1.807) is 21.9 Å². The molecule has 0 radical (unpaired) electrons. The maximum Gasteiger partial charge on any atom is 0.410 e. The van der Waals surface area contributed by atoms with E-state index < -0.39 is 0 Å². The number of ether oxygens (including phenoxy) is 1. The van der Waals surface area contributed by atoms with Crippen molar-refractivity contribution in [3.05, 3.63) is 47.0 Å². The molecule has 1 aromatic carbocycles. The Morgan fingerprint density at radius 3 is 2.52 bits per heavy atom. The Morgan fingerprint density at radius 2 is 1.90 bits per heavy atom. The molecule has 112 valence electrons. The van der Waals surface area contributed by atoms with Crippen molar-refractivity contribution in [3.63, 3.8) is 0 Å². The van der Waals surface area contributed by atoms with Crippen LogP contribution in [0.4, 0.5) is 4.79 Å². The average Bonchev–Trinajstić information content (AvgIpc) is 2.52. The van der Waals surface area contributed by atoms with Crippen LogP contribution < -0.4 is 0 Å². The van der Waals surface area contributed by atoms with Crippen LogP contribution in [0, 0.1) is 0 Å². The number of benzene rings is 1. The molecule has 0 bridgehead atoms. The Kier molecular flexibility index (Phi) is 5.38. The van der Waals surface area contributed by atoms with Crippen LogP contribution in [0.5, 0.6) is 0 Å². The predicted molar refractivity (Wildman–Crippen MR) is 83.2 cm³/mol. The van der Waals surface area contributed by atoms with Crippen LogP contribution in [0.3, 0.4) is 0 Å². The molecule has 2 rings (SSSR count). The van der Waals surface area contributed by atoms with E-state index in [2.05, 4.69) is 22.5 Å². The van der Waals surface area contributed by atoms with E-state index in [1.165, 1.54) is 6.08 Å². The van der Waals surface area contributed by atoms with Gasteiger partial charge in [0.05, 0.1) is 0 Å². The molecule has 1 aliphatic rings.